The fourth-order valence-electron chi connectivity index (χ4n) is 3.62. The van der Waals surface area contributed by atoms with Crippen LogP contribution in [-0.4, -0.2) is 42.4 Å². The van der Waals surface area contributed by atoms with E-state index in [0.717, 1.165) is 32.4 Å². The van der Waals surface area contributed by atoms with E-state index >= 15 is 0 Å². The van der Waals surface area contributed by atoms with Crippen LogP contribution in [-0.2, 0) is 9.59 Å². The smallest absolute Gasteiger partial charge is 0.247 e. The Labute approximate surface area is 170 Å². The number of carbonyl (C=O) groups excluding carboxylic acids is 2. The molecular formula is C18H24Cl3N3O2. The summed E-state index contributed by atoms with van der Waals surface area (Å²) in [5.41, 5.74) is 0.554. The van der Waals surface area contributed by atoms with Crippen LogP contribution >= 0.6 is 35.6 Å². The standard InChI is InChI=1S/C18H23Cl2N3O2.ClH/c19-13-8-14(20)10-15(9-13)22-18(25)16-2-1-7-23(16)17(24)4-3-12-5-6-21-11-12;/h8-10,12,16,21H,1-7,11H2,(H,22,25);1H. The number of hydrogen-bond acceptors (Lipinski definition) is 3. The Hall–Kier alpha value is -1.01. The zero-order valence-corrected chi connectivity index (χ0v) is 16.8. The number of amides is 2. The van der Waals surface area contributed by atoms with E-state index in [1.165, 1.54) is 0 Å². The molecule has 0 radical (unpaired) electrons. The van der Waals surface area contributed by atoms with Gasteiger partial charge in [-0.15, -0.1) is 12.4 Å². The Morgan fingerprint density at radius 3 is 2.58 bits per heavy atom. The molecule has 2 atom stereocenters. The minimum Gasteiger partial charge on any atom is -0.331 e. The van der Waals surface area contributed by atoms with Gasteiger partial charge in [0.15, 0.2) is 0 Å². The first kappa shape index (κ1) is 21.3. The van der Waals surface area contributed by atoms with Gasteiger partial charge in [0.2, 0.25) is 11.8 Å². The normalized spacial score (nSPS) is 22.2. The van der Waals surface area contributed by atoms with Crippen molar-refractivity contribution in [3.05, 3.63) is 28.2 Å². The van der Waals surface area contributed by atoms with Gasteiger partial charge in [0, 0.05) is 28.7 Å². The monoisotopic (exact) mass is 419 g/mol. The molecule has 5 nitrogen and oxygen atoms in total. The van der Waals surface area contributed by atoms with E-state index in [2.05, 4.69) is 10.6 Å². The minimum atomic E-state index is -0.410. The summed E-state index contributed by atoms with van der Waals surface area (Å²) in [6.45, 7) is 2.68. The number of benzene rings is 1. The number of nitrogens with one attached hydrogen (secondary N) is 2. The summed E-state index contributed by atoms with van der Waals surface area (Å²) in [5.74, 6) is 0.479. The van der Waals surface area contributed by atoms with Gasteiger partial charge >= 0.3 is 0 Å². The van der Waals surface area contributed by atoms with Crippen LogP contribution in [0.5, 0.6) is 0 Å². The van der Waals surface area contributed by atoms with Crippen molar-refractivity contribution in [3.8, 4) is 0 Å². The van der Waals surface area contributed by atoms with Crippen molar-refractivity contribution in [1.29, 1.82) is 0 Å². The number of halogens is 3. The van der Waals surface area contributed by atoms with Gasteiger partial charge in [0.05, 0.1) is 0 Å². The second kappa shape index (κ2) is 9.79. The van der Waals surface area contributed by atoms with Crippen LogP contribution in [0.3, 0.4) is 0 Å². The summed E-state index contributed by atoms with van der Waals surface area (Å²) < 4.78 is 0. The highest BCUT2D eigenvalue weighted by atomic mass is 35.5. The van der Waals surface area contributed by atoms with E-state index in [4.69, 9.17) is 23.2 Å². The Bertz CT molecular complexity index is 630. The van der Waals surface area contributed by atoms with E-state index in [9.17, 15) is 9.59 Å². The van der Waals surface area contributed by atoms with Crippen LogP contribution in [0.1, 0.15) is 32.1 Å². The van der Waals surface area contributed by atoms with E-state index in [1.54, 1.807) is 23.1 Å². The summed E-state index contributed by atoms with van der Waals surface area (Å²) in [4.78, 5) is 26.9. The zero-order chi connectivity index (χ0) is 17.8. The Balaban J connectivity index is 0.00000243. The van der Waals surface area contributed by atoms with E-state index in [0.29, 0.717) is 41.0 Å². The van der Waals surface area contributed by atoms with Crippen LogP contribution in [0.25, 0.3) is 0 Å². The van der Waals surface area contributed by atoms with E-state index < -0.39 is 6.04 Å². The van der Waals surface area contributed by atoms with Gasteiger partial charge < -0.3 is 15.5 Å². The third-order valence-corrected chi connectivity index (χ3v) is 5.37. The van der Waals surface area contributed by atoms with Gasteiger partial charge in [-0.05, 0) is 62.9 Å². The number of nitrogens with zero attached hydrogens (tertiary/aromatic N) is 1. The van der Waals surface area contributed by atoms with Gasteiger partial charge in [-0.25, -0.2) is 0 Å². The summed E-state index contributed by atoms with van der Waals surface area (Å²) >= 11 is 11.9. The van der Waals surface area contributed by atoms with Crippen LogP contribution in [0.2, 0.25) is 10.0 Å². The lowest BCUT2D eigenvalue weighted by molar-refractivity contribution is -0.136. The maximum absolute atomic E-state index is 12.6. The minimum absolute atomic E-state index is 0. The van der Waals surface area contributed by atoms with Crippen LogP contribution in [0.4, 0.5) is 5.69 Å². The van der Waals surface area contributed by atoms with Gasteiger partial charge in [0.1, 0.15) is 6.04 Å². The average molecular weight is 421 g/mol. The van der Waals surface area contributed by atoms with Gasteiger partial charge in [0.25, 0.3) is 0 Å². The fourth-order valence-corrected chi connectivity index (χ4v) is 4.15. The van der Waals surface area contributed by atoms with Crippen LogP contribution < -0.4 is 10.6 Å². The number of rotatable bonds is 5. The van der Waals surface area contributed by atoms with Crippen molar-refractivity contribution in [2.24, 2.45) is 5.92 Å². The molecule has 2 saturated heterocycles. The molecule has 3 rings (SSSR count). The molecule has 26 heavy (non-hydrogen) atoms. The molecule has 8 heteroatoms. The van der Waals surface area contributed by atoms with Crippen molar-refractivity contribution in [2.45, 2.75) is 38.1 Å². The molecule has 2 fully saturated rings. The van der Waals surface area contributed by atoms with Gasteiger partial charge in [-0.1, -0.05) is 23.2 Å². The summed E-state index contributed by atoms with van der Waals surface area (Å²) in [7, 11) is 0. The zero-order valence-electron chi connectivity index (χ0n) is 14.5. The molecule has 2 aliphatic rings. The number of hydrogen-bond donors (Lipinski definition) is 2. The maximum atomic E-state index is 12.6. The quantitative estimate of drug-likeness (QED) is 0.763. The Morgan fingerprint density at radius 1 is 1.19 bits per heavy atom. The van der Waals surface area contributed by atoms with E-state index in [-0.39, 0.29) is 24.2 Å². The highest BCUT2D eigenvalue weighted by Gasteiger charge is 2.34. The highest BCUT2D eigenvalue weighted by molar-refractivity contribution is 6.35. The molecule has 0 aliphatic carbocycles. The third kappa shape index (κ3) is 5.49. The van der Waals surface area contributed by atoms with Crippen molar-refractivity contribution < 1.29 is 9.59 Å². The molecule has 2 heterocycles. The number of likely N-dealkylation sites (tertiary alicyclic amines) is 1. The Kier molecular flexibility index (Phi) is 8.02. The highest BCUT2D eigenvalue weighted by Crippen LogP contribution is 2.25. The second-order valence-corrected chi connectivity index (χ2v) is 7.66. The molecular weight excluding hydrogens is 397 g/mol. The van der Waals surface area contributed by atoms with Crippen LogP contribution in [0, 0.1) is 5.92 Å². The van der Waals surface area contributed by atoms with Gasteiger partial charge in [-0.2, -0.15) is 0 Å². The molecule has 0 saturated carbocycles. The lowest BCUT2D eigenvalue weighted by atomic mass is 10.0. The maximum Gasteiger partial charge on any atom is 0.247 e. The van der Waals surface area contributed by atoms with Crippen molar-refractivity contribution >= 4 is 53.1 Å². The molecule has 144 valence electrons. The molecule has 0 spiro atoms. The van der Waals surface area contributed by atoms with E-state index in [1.807, 2.05) is 0 Å². The first-order valence-electron chi connectivity index (χ1n) is 8.80. The SMILES string of the molecule is Cl.O=C(Nc1cc(Cl)cc(Cl)c1)C1CCCN1C(=O)CCC1CCNC1. The predicted molar refractivity (Wildman–Crippen MR) is 107 cm³/mol. The van der Waals surface area contributed by atoms with Crippen molar-refractivity contribution in [2.75, 3.05) is 25.0 Å². The first-order chi connectivity index (χ1) is 12.0. The molecule has 0 aromatic heterocycles. The number of anilines is 1. The molecule has 2 N–H and O–H groups in total. The first-order valence-corrected chi connectivity index (χ1v) is 9.55. The average Bonchev–Trinajstić information content (AvgIpc) is 3.23. The largest absolute Gasteiger partial charge is 0.331 e. The molecule has 2 amide bonds. The molecule has 0 bridgehead atoms. The molecule has 1 aromatic carbocycles. The number of carbonyl (C=O) groups is 2. The summed E-state index contributed by atoms with van der Waals surface area (Å²) in [5, 5.41) is 7.08. The second-order valence-electron chi connectivity index (χ2n) is 6.79. The fraction of sp³-hybridized carbons (Fsp3) is 0.556. The molecule has 1 aromatic rings. The van der Waals surface area contributed by atoms with Crippen molar-refractivity contribution in [1.82, 2.24) is 10.2 Å². The topological polar surface area (TPSA) is 61.4 Å². The summed E-state index contributed by atoms with van der Waals surface area (Å²) in [6, 6.07) is 4.51. The van der Waals surface area contributed by atoms with Crippen LogP contribution in [0.15, 0.2) is 18.2 Å². The molecule has 2 unspecified atom stereocenters. The lowest BCUT2D eigenvalue weighted by Crippen LogP contribution is -2.43. The van der Waals surface area contributed by atoms with Crippen molar-refractivity contribution in [3.63, 3.8) is 0 Å². The van der Waals surface area contributed by atoms with Gasteiger partial charge in [-0.3, -0.25) is 9.59 Å². The summed E-state index contributed by atoms with van der Waals surface area (Å²) in [6.07, 6.45) is 4.08. The predicted octanol–water partition coefficient (Wildman–Crippen LogP) is 3.73. The lowest BCUT2D eigenvalue weighted by Gasteiger charge is -2.24. The Morgan fingerprint density at radius 2 is 1.92 bits per heavy atom. The molecule has 2 aliphatic heterocycles. The third-order valence-electron chi connectivity index (χ3n) is 4.93.